The lowest BCUT2D eigenvalue weighted by molar-refractivity contribution is -0.116. The van der Waals surface area contributed by atoms with Crippen LogP contribution in [0.4, 0.5) is 22.7 Å². The summed E-state index contributed by atoms with van der Waals surface area (Å²) in [6.45, 7) is 2.40. The van der Waals surface area contributed by atoms with Crippen molar-refractivity contribution in [3.05, 3.63) is 48.0 Å². The van der Waals surface area contributed by atoms with Crippen molar-refractivity contribution in [2.24, 2.45) is 0 Å². The summed E-state index contributed by atoms with van der Waals surface area (Å²) in [5.74, 6) is 0.110. The first-order valence-electron chi connectivity index (χ1n) is 7.50. The number of rotatable bonds is 3. The van der Waals surface area contributed by atoms with Crippen LogP contribution in [-0.4, -0.2) is 26.5 Å². The molecule has 22 heavy (non-hydrogen) atoms. The van der Waals surface area contributed by atoms with Crippen LogP contribution in [0, 0.1) is 0 Å². The van der Waals surface area contributed by atoms with Crippen molar-refractivity contribution in [1.29, 1.82) is 0 Å². The summed E-state index contributed by atoms with van der Waals surface area (Å²) in [5, 5.41) is 3.42. The zero-order chi connectivity index (χ0) is 15.7. The molecule has 0 unspecified atom stereocenters. The second kappa shape index (κ2) is 5.72. The molecule has 1 aliphatic rings. The number of amides is 1. The fourth-order valence-corrected chi connectivity index (χ4v) is 2.82. The Morgan fingerprint density at radius 2 is 1.77 bits per heavy atom. The number of nitrogens with one attached hydrogen (secondary N) is 1. The van der Waals surface area contributed by atoms with Gasteiger partial charge in [0.15, 0.2) is 0 Å². The van der Waals surface area contributed by atoms with Crippen LogP contribution >= 0.6 is 0 Å². The summed E-state index contributed by atoms with van der Waals surface area (Å²) in [4.78, 5) is 15.5. The Morgan fingerprint density at radius 3 is 2.41 bits per heavy atom. The van der Waals surface area contributed by atoms with E-state index in [-0.39, 0.29) is 5.91 Å². The molecule has 0 bridgehead atoms. The van der Waals surface area contributed by atoms with E-state index in [0.717, 1.165) is 30.0 Å². The minimum atomic E-state index is 0.110. The molecule has 114 valence electrons. The average Bonchev–Trinajstić information content (AvgIpc) is 2.91. The third kappa shape index (κ3) is 2.77. The second-order valence-corrected chi connectivity index (χ2v) is 5.83. The highest BCUT2D eigenvalue weighted by Gasteiger charge is 2.21. The summed E-state index contributed by atoms with van der Waals surface area (Å²) in [5.41, 5.74) is 5.57. The number of carbonyl (C=O) groups is 1. The normalized spacial score (nSPS) is 13.0. The molecule has 1 heterocycles. The lowest BCUT2D eigenvalue weighted by Gasteiger charge is -2.16. The van der Waals surface area contributed by atoms with E-state index in [0.29, 0.717) is 0 Å². The van der Waals surface area contributed by atoms with Gasteiger partial charge in [0, 0.05) is 50.3 Å². The number of anilines is 4. The zero-order valence-corrected chi connectivity index (χ0v) is 13.3. The molecule has 1 N–H and O–H groups in total. The fraction of sp³-hybridized carbons (Fsp3) is 0.278. The van der Waals surface area contributed by atoms with E-state index in [2.05, 4.69) is 40.5 Å². The molecule has 0 aromatic heterocycles. The number of nitrogens with zero attached hydrogens (tertiary/aromatic N) is 2. The van der Waals surface area contributed by atoms with E-state index in [1.807, 2.05) is 31.1 Å². The van der Waals surface area contributed by atoms with Crippen LogP contribution in [0.15, 0.2) is 42.5 Å². The number of fused-ring (bicyclic) bond motifs is 1. The maximum absolute atomic E-state index is 11.6. The van der Waals surface area contributed by atoms with E-state index in [9.17, 15) is 4.79 Å². The van der Waals surface area contributed by atoms with E-state index in [1.165, 1.54) is 11.3 Å². The second-order valence-electron chi connectivity index (χ2n) is 5.83. The third-order valence-electron chi connectivity index (χ3n) is 4.03. The molecular formula is C18H21N3O. The fourth-order valence-electron chi connectivity index (χ4n) is 2.82. The molecule has 0 fully saturated rings. The van der Waals surface area contributed by atoms with Gasteiger partial charge in [0.1, 0.15) is 0 Å². The van der Waals surface area contributed by atoms with Gasteiger partial charge in [0.05, 0.1) is 0 Å². The van der Waals surface area contributed by atoms with Crippen molar-refractivity contribution >= 4 is 28.7 Å². The summed E-state index contributed by atoms with van der Waals surface area (Å²) in [7, 11) is 4.06. The Labute approximate surface area is 131 Å². The first-order valence-corrected chi connectivity index (χ1v) is 7.50. The van der Waals surface area contributed by atoms with Crippen molar-refractivity contribution in [2.45, 2.75) is 13.3 Å². The van der Waals surface area contributed by atoms with E-state index in [4.69, 9.17) is 0 Å². The number of hydrogen-bond donors (Lipinski definition) is 1. The first-order chi connectivity index (χ1) is 10.5. The predicted octanol–water partition coefficient (Wildman–Crippen LogP) is 3.41. The van der Waals surface area contributed by atoms with Gasteiger partial charge in [0.25, 0.3) is 0 Å². The van der Waals surface area contributed by atoms with Crippen LogP contribution in [0.2, 0.25) is 0 Å². The Morgan fingerprint density at radius 1 is 1.09 bits per heavy atom. The average molecular weight is 295 g/mol. The number of benzene rings is 2. The number of hydrogen-bond acceptors (Lipinski definition) is 3. The lowest BCUT2D eigenvalue weighted by Crippen LogP contribution is -2.25. The summed E-state index contributed by atoms with van der Waals surface area (Å²) >= 11 is 0. The van der Waals surface area contributed by atoms with Crippen LogP contribution in [0.3, 0.4) is 0 Å². The molecule has 0 radical (unpaired) electrons. The molecule has 4 heteroatoms. The highest BCUT2D eigenvalue weighted by atomic mass is 16.2. The first kappa shape index (κ1) is 14.4. The quantitative estimate of drug-likeness (QED) is 0.942. The van der Waals surface area contributed by atoms with Crippen LogP contribution in [0.25, 0.3) is 0 Å². The maximum Gasteiger partial charge on any atom is 0.223 e. The van der Waals surface area contributed by atoms with Gasteiger partial charge in [-0.1, -0.05) is 0 Å². The SMILES string of the molecule is CC(=O)N1CCc2cc(Nc3ccc(N(C)C)cc3)ccc21. The molecule has 1 amide bonds. The molecule has 4 nitrogen and oxygen atoms in total. The monoisotopic (exact) mass is 295 g/mol. The van der Waals surface area contributed by atoms with Gasteiger partial charge >= 0.3 is 0 Å². The Kier molecular flexibility index (Phi) is 3.75. The van der Waals surface area contributed by atoms with Crippen LogP contribution in [0.5, 0.6) is 0 Å². The zero-order valence-electron chi connectivity index (χ0n) is 13.3. The third-order valence-corrected chi connectivity index (χ3v) is 4.03. The topological polar surface area (TPSA) is 35.6 Å². The summed E-state index contributed by atoms with van der Waals surface area (Å²) < 4.78 is 0. The van der Waals surface area contributed by atoms with Crippen molar-refractivity contribution in [2.75, 3.05) is 35.8 Å². The molecular weight excluding hydrogens is 274 g/mol. The summed E-state index contributed by atoms with van der Waals surface area (Å²) in [6.07, 6.45) is 0.921. The molecule has 2 aromatic carbocycles. The predicted molar refractivity (Wildman–Crippen MR) is 92.2 cm³/mol. The largest absolute Gasteiger partial charge is 0.378 e. The van der Waals surface area contributed by atoms with Gasteiger partial charge in [-0.3, -0.25) is 4.79 Å². The van der Waals surface area contributed by atoms with Crippen molar-refractivity contribution in [3.8, 4) is 0 Å². The Bertz CT molecular complexity index is 692. The maximum atomic E-state index is 11.6. The van der Waals surface area contributed by atoms with E-state index >= 15 is 0 Å². The molecule has 0 aliphatic carbocycles. The molecule has 0 saturated heterocycles. The number of carbonyl (C=O) groups excluding carboxylic acids is 1. The Hall–Kier alpha value is -2.49. The molecule has 0 spiro atoms. The van der Waals surface area contributed by atoms with Gasteiger partial charge in [-0.05, 0) is 54.4 Å². The highest BCUT2D eigenvalue weighted by Crippen LogP contribution is 2.31. The molecule has 1 aliphatic heterocycles. The van der Waals surface area contributed by atoms with E-state index in [1.54, 1.807) is 6.92 Å². The van der Waals surface area contributed by atoms with Crippen molar-refractivity contribution < 1.29 is 4.79 Å². The van der Waals surface area contributed by atoms with Crippen LogP contribution in [0.1, 0.15) is 12.5 Å². The van der Waals surface area contributed by atoms with Gasteiger partial charge in [-0.15, -0.1) is 0 Å². The van der Waals surface area contributed by atoms with Gasteiger partial charge in [0.2, 0.25) is 5.91 Å². The van der Waals surface area contributed by atoms with Gasteiger partial charge < -0.3 is 15.1 Å². The highest BCUT2D eigenvalue weighted by molar-refractivity contribution is 5.94. The van der Waals surface area contributed by atoms with Gasteiger partial charge in [-0.25, -0.2) is 0 Å². The molecule has 2 aromatic rings. The van der Waals surface area contributed by atoms with Crippen molar-refractivity contribution in [1.82, 2.24) is 0 Å². The summed E-state index contributed by atoms with van der Waals surface area (Å²) in [6, 6.07) is 14.5. The minimum absolute atomic E-state index is 0.110. The Balaban J connectivity index is 1.78. The lowest BCUT2D eigenvalue weighted by atomic mass is 10.1. The minimum Gasteiger partial charge on any atom is -0.378 e. The van der Waals surface area contributed by atoms with Crippen molar-refractivity contribution in [3.63, 3.8) is 0 Å². The van der Waals surface area contributed by atoms with E-state index < -0.39 is 0 Å². The smallest absolute Gasteiger partial charge is 0.223 e. The molecule has 0 atom stereocenters. The molecule has 0 saturated carbocycles. The molecule has 3 rings (SSSR count). The van der Waals surface area contributed by atoms with Crippen LogP contribution in [-0.2, 0) is 11.2 Å². The van der Waals surface area contributed by atoms with Gasteiger partial charge in [-0.2, -0.15) is 0 Å². The standard InChI is InChI=1S/C18H21N3O/c1-13(22)21-11-10-14-12-16(6-9-18(14)21)19-15-4-7-17(8-5-15)20(2)3/h4-9,12,19H,10-11H2,1-3H3. The van der Waals surface area contributed by atoms with Crippen LogP contribution < -0.4 is 15.1 Å².